The summed E-state index contributed by atoms with van der Waals surface area (Å²) >= 11 is 0. The number of aliphatic imine (C=N–C) groups is 1. The maximum atomic E-state index is 12.3. The van der Waals surface area contributed by atoms with Crippen LogP contribution < -0.4 is 16.0 Å². The molecule has 7 heteroatoms. The lowest BCUT2D eigenvalue weighted by Gasteiger charge is -2.13. The molecule has 0 fully saturated rings. The Kier molecular flexibility index (Phi) is 7.83. The zero-order valence-corrected chi connectivity index (χ0v) is 17.5. The third kappa shape index (κ3) is 6.75. The molecule has 0 radical (unpaired) electrons. The molecule has 1 aromatic heterocycles. The second kappa shape index (κ2) is 11.2. The number of amides is 1. The minimum atomic E-state index is -0.182. The summed E-state index contributed by atoms with van der Waals surface area (Å²) in [4.78, 5) is 16.9. The molecule has 0 aliphatic rings. The maximum absolute atomic E-state index is 12.3. The van der Waals surface area contributed by atoms with E-state index < -0.39 is 0 Å². The predicted molar refractivity (Wildman–Crippen MR) is 124 cm³/mol. The van der Waals surface area contributed by atoms with Gasteiger partial charge in [0, 0.05) is 30.2 Å². The molecule has 7 nitrogen and oxygen atoms in total. The van der Waals surface area contributed by atoms with Crippen molar-refractivity contribution in [1.29, 1.82) is 0 Å². The molecule has 2 aromatic carbocycles. The highest BCUT2D eigenvalue weighted by Crippen LogP contribution is 2.12. The molecular weight excluding hydrogens is 388 g/mol. The van der Waals surface area contributed by atoms with Gasteiger partial charge in [0.15, 0.2) is 5.96 Å². The van der Waals surface area contributed by atoms with Gasteiger partial charge in [-0.3, -0.25) is 9.48 Å². The Morgan fingerprint density at radius 2 is 1.97 bits per heavy atom. The number of hydrogen-bond donors (Lipinski definition) is 3. The van der Waals surface area contributed by atoms with Crippen LogP contribution in [0.2, 0.25) is 0 Å². The van der Waals surface area contributed by atoms with Crippen molar-refractivity contribution >= 4 is 17.6 Å². The molecule has 31 heavy (non-hydrogen) atoms. The van der Waals surface area contributed by atoms with Crippen LogP contribution in [0.1, 0.15) is 23.6 Å². The van der Waals surface area contributed by atoms with Crippen LogP contribution in [0.3, 0.4) is 0 Å². The number of aromatic nitrogens is 2. The first-order valence-electron chi connectivity index (χ1n) is 10.1. The van der Waals surface area contributed by atoms with Crippen LogP contribution in [-0.4, -0.2) is 34.7 Å². The lowest BCUT2D eigenvalue weighted by Crippen LogP contribution is -2.41. The standard InChI is InChI=1S/C24H26N6O/c1-3-19-9-7-12-22(15-19)29-23(31)17-27-24(25-4-2)26-16-20-10-5-6-11-21(20)18-30-14-8-13-28-30/h1,5-15H,4,16-18H2,2H3,(H,29,31)(H2,25,26,27). The number of carbonyl (C=O) groups is 1. The lowest BCUT2D eigenvalue weighted by atomic mass is 10.1. The van der Waals surface area contributed by atoms with Crippen molar-refractivity contribution in [2.75, 3.05) is 18.4 Å². The number of rotatable bonds is 8. The Morgan fingerprint density at radius 1 is 1.13 bits per heavy atom. The van der Waals surface area contributed by atoms with Gasteiger partial charge in [-0.1, -0.05) is 36.3 Å². The summed E-state index contributed by atoms with van der Waals surface area (Å²) in [5, 5.41) is 13.3. The molecule has 1 amide bonds. The number of benzene rings is 2. The molecule has 0 aliphatic heterocycles. The second-order valence-corrected chi connectivity index (χ2v) is 6.79. The van der Waals surface area contributed by atoms with Crippen LogP contribution >= 0.6 is 0 Å². The molecule has 0 spiro atoms. The zero-order valence-electron chi connectivity index (χ0n) is 17.5. The van der Waals surface area contributed by atoms with Gasteiger partial charge in [-0.25, -0.2) is 4.99 Å². The van der Waals surface area contributed by atoms with Gasteiger partial charge >= 0.3 is 0 Å². The summed E-state index contributed by atoms with van der Waals surface area (Å²) in [6.45, 7) is 3.92. The Morgan fingerprint density at radius 3 is 2.71 bits per heavy atom. The van der Waals surface area contributed by atoms with Crippen molar-refractivity contribution in [3.8, 4) is 12.3 Å². The smallest absolute Gasteiger partial charge is 0.243 e. The number of terminal acetylenes is 1. The molecule has 0 unspecified atom stereocenters. The molecule has 0 atom stereocenters. The van der Waals surface area contributed by atoms with Crippen molar-refractivity contribution < 1.29 is 4.79 Å². The summed E-state index contributed by atoms with van der Waals surface area (Å²) in [6.07, 6.45) is 9.11. The average molecular weight is 415 g/mol. The number of nitrogens with one attached hydrogen (secondary N) is 3. The van der Waals surface area contributed by atoms with Crippen molar-refractivity contribution in [2.45, 2.75) is 20.0 Å². The summed E-state index contributed by atoms with van der Waals surface area (Å²) in [5.74, 6) is 2.95. The molecule has 0 saturated carbocycles. The van der Waals surface area contributed by atoms with Crippen LogP contribution in [0.4, 0.5) is 5.69 Å². The predicted octanol–water partition coefficient (Wildman–Crippen LogP) is 2.61. The fraction of sp³-hybridized carbons (Fsp3) is 0.208. The third-order valence-electron chi connectivity index (χ3n) is 4.49. The molecular formula is C24H26N6O. The highest BCUT2D eigenvalue weighted by Gasteiger charge is 2.06. The van der Waals surface area contributed by atoms with Crippen molar-refractivity contribution in [3.05, 3.63) is 83.7 Å². The van der Waals surface area contributed by atoms with E-state index >= 15 is 0 Å². The minimum absolute atomic E-state index is 0.0844. The summed E-state index contributed by atoms with van der Waals surface area (Å²) in [6, 6.07) is 17.2. The van der Waals surface area contributed by atoms with E-state index in [1.54, 1.807) is 18.3 Å². The van der Waals surface area contributed by atoms with Crippen LogP contribution in [0.5, 0.6) is 0 Å². The van der Waals surface area contributed by atoms with Gasteiger partial charge in [-0.2, -0.15) is 5.10 Å². The average Bonchev–Trinajstić information content (AvgIpc) is 3.30. The quantitative estimate of drug-likeness (QED) is 0.301. The zero-order chi connectivity index (χ0) is 21.9. The first-order valence-corrected chi connectivity index (χ1v) is 10.1. The van der Waals surface area contributed by atoms with E-state index in [1.807, 2.05) is 48.1 Å². The normalized spacial score (nSPS) is 10.9. The van der Waals surface area contributed by atoms with Crippen molar-refractivity contribution in [1.82, 2.24) is 20.4 Å². The molecule has 158 valence electrons. The van der Waals surface area contributed by atoms with E-state index in [-0.39, 0.29) is 12.5 Å². The topological polar surface area (TPSA) is 83.3 Å². The SMILES string of the molecule is C#Cc1cccc(NC(=O)CNC(=NCc2ccccc2Cn2cccn2)NCC)c1. The Labute approximate surface area is 182 Å². The van der Waals surface area contributed by atoms with E-state index in [2.05, 4.69) is 44.1 Å². The largest absolute Gasteiger partial charge is 0.357 e. The molecule has 0 saturated heterocycles. The molecule has 3 N–H and O–H groups in total. The van der Waals surface area contributed by atoms with Gasteiger partial charge < -0.3 is 16.0 Å². The maximum Gasteiger partial charge on any atom is 0.243 e. The molecule has 3 aromatic rings. The van der Waals surface area contributed by atoms with Gasteiger partial charge in [-0.15, -0.1) is 6.42 Å². The van der Waals surface area contributed by atoms with Crippen molar-refractivity contribution in [3.63, 3.8) is 0 Å². The van der Waals surface area contributed by atoms with Gasteiger partial charge in [-0.05, 0) is 42.3 Å². The minimum Gasteiger partial charge on any atom is -0.357 e. The summed E-state index contributed by atoms with van der Waals surface area (Å²) < 4.78 is 1.88. The van der Waals surface area contributed by atoms with Gasteiger partial charge in [0.25, 0.3) is 0 Å². The van der Waals surface area contributed by atoms with E-state index in [0.29, 0.717) is 31.3 Å². The summed E-state index contributed by atoms with van der Waals surface area (Å²) in [7, 11) is 0. The molecule has 1 heterocycles. The van der Waals surface area contributed by atoms with E-state index in [0.717, 1.165) is 16.7 Å². The fourth-order valence-electron chi connectivity index (χ4n) is 3.00. The number of guanidine groups is 1. The monoisotopic (exact) mass is 414 g/mol. The number of anilines is 1. The lowest BCUT2D eigenvalue weighted by molar-refractivity contribution is -0.115. The number of nitrogens with zero attached hydrogens (tertiary/aromatic N) is 3. The fourth-order valence-corrected chi connectivity index (χ4v) is 3.00. The first-order chi connectivity index (χ1) is 15.2. The van der Waals surface area contributed by atoms with Crippen LogP contribution in [0.25, 0.3) is 0 Å². The van der Waals surface area contributed by atoms with Gasteiger partial charge in [0.05, 0.1) is 19.6 Å². The van der Waals surface area contributed by atoms with Crippen LogP contribution in [0, 0.1) is 12.3 Å². The van der Waals surface area contributed by atoms with Crippen LogP contribution in [-0.2, 0) is 17.9 Å². The van der Waals surface area contributed by atoms with Gasteiger partial charge in [0.2, 0.25) is 5.91 Å². The third-order valence-corrected chi connectivity index (χ3v) is 4.49. The number of carbonyl (C=O) groups excluding carboxylic acids is 1. The second-order valence-electron chi connectivity index (χ2n) is 6.79. The first kappa shape index (κ1) is 21.7. The van der Waals surface area contributed by atoms with Gasteiger partial charge in [0.1, 0.15) is 0 Å². The van der Waals surface area contributed by atoms with Crippen molar-refractivity contribution in [2.24, 2.45) is 4.99 Å². The van der Waals surface area contributed by atoms with E-state index in [4.69, 9.17) is 6.42 Å². The molecule has 0 aliphatic carbocycles. The number of hydrogen-bond acceptors (Lipinski definition) is 3. The van der Waals surface area contributed by atoms with E-state index in [9.17, 15) is 4.79 Å². The Bertz CT molecular complexity index is 1070. The Hall–Kier alpha value is -4.05. The molecule has 0 bridgehead atoms. The highest BCUT2D eigenvalue weighted by atomic mass is 16.1. The Balaban J connectivity index is 1.60. The molecule has 3 rings (SSSR count). The van der Waals surface area contributed by atoms with E-state index in [1.165, 1.54) is 0 Å². The van der Waals surface area contributed by atoms with Crippen LogP contribution in [0.15, 0.2) is 72.0 Å². The summed E-state index contributed by atoms with van der Waals surface area (Å²) in [5.41, 5.74) is 3.63. The highest BCUT2D eigenvalue weighted by molar-refractivity contribution is 5.95.